The molecule has 1 atom stereocenters. The lowest BCUT2D eigenvalue weighted by atomic mass is 9.99. The average Bonchev–Trinajstić information content (AvgIpc) is 2.46. The topological polar surface area (TPSA) is 29.5 Å². The molecule has 1 saturated heterocycles. The van der Waals surface area contributed by atoms with Crippen LogP contribution in [0.25, 0.3) is 0 Å². The van der Waals surface area contributed by atoms with Crippen molar-refractivity contribution in [3.05, 3.63) is 29.8 Å². The van der Waals surface area contributed by atoms with Crippen molar-refractivity contribution in [2.75, 3.05) is 13.7 Å². The van der Waals surface area contributed by atoms with Crippen LogP contribution < -0.4 is 4.74 Å². The van der Waals surface area contributed by atoms with Crippen molar-refractivity contribution in [2.24, 2.45) is 0 Å². The summed E-state index contributed by atoms with van der Waals surface area (Å²) in [5, 5.41) is 0. The molecule has 1 aromatic carbocycles. The number of piperidine rings is 1. The summed E-state index contributed by atoms with van der Waals surface area (Å²) in [6, 6.07) is 7.83. The zero-order valence-electron chi connectivity index (χ0n) is 11.2. The molecular weight excluding hydrogens is 226 g/mol. The van der Waals surface area contributed by atoms with E-state index in [-0.39, 0.29) is 5.91 Å². The quantitative estimate of drug-likeness (QED) is 0.821. The SMILES string of the molecule is CCC1CCCCN1C(=O)c1cccc(OC)c1. The van der Waals surface area contributed by atoms with E-state index < -0.39 is 0 Å². The third kappa shape index (κ3) is 2.66. The predicted molar refractivity (Wildman–Crippen MR) is 72.0 cm³/mol. The Balaban J connectivity index is 2.18. The molecule has 1 aliphatic rings. The second kappa shape index (κ2) is 5.89. The number of carbonyl (C=O) groups excluding carboxylic acids is 1. The summed E-state index contributed by atoms with van der Waals surface area (Å²) < 4.78 is 5.17. The lowest BCUT2D eigenvalue weighted by Crippen LogP contribution is -2.43. The Bertz CT molecular complexity index is 417. The van der Waals surface area contributed by atoms with E-state index in [0.29, 0.717) is 6.04 Å². The molecule has 0 aliphatic carbocycles. The van der Waals surface area contributed by atoms with Crippen molar-refractivity contribution >= 4 is 5.91 Å². The smallest absolute Gasteiger partial charge is 0.254 e. The monoisotopic (exact) mass is 247 g/mol. The molecule has 98 valence electrons. The van der Waals surface area contributed by atoms with Gasteiger partial charge in [-0.05, 0) is 43.9 Å². The largest absolute Gasteiger partial charge is 0.497 e. The Morgan fingerprint density at radius 3 is 3.00 bits per heavy atom. The number of benzene rings is 1. The van der Waals surface area contributed by atoms with E-state index in [9.17, 15) is 4.79 Å². The fraction of sp³-hybridized carbons (Fsp3) is 0.533. The molecule has 2 rings (SSSR count). The summed E-state index contributed by atoms with van der Waals surface area (Å²) in [7, 11) is 1.62. The molecule has 0 aromatic heterocycles. The van der Waals surface area contributed by atoms with Crippen molar-refractivity contribution in [1.82, 2.24) is 4.90 Å². The Hall–Kier alpha value is -1.51. The van der Waals surface area contributed by atoms with Gasteiger partial charge in [0.05, 0.1) is 7.11 Å². The summed E-state index contributed by atoms with van der Waals surface area (Å²) in [5.41, 5.74) is 0.731. The van der Waals surface area contributed by atoms with Crippen LogP contribution in [-0.2, 0) is 0 Å². The van der Waals surface area contributed by atoms with Crippen LogP contribution in [0.5, 0.6) is 5.75 Å². The molecule has 3 heteroatoms. The maximum absolute atomic E-state index is 12.5. The number of amides is 1. The number of nitrogens with zero attached hydrogens (tertiary/aromatic N) is 1. The van der Waals surface area contributed by atoms with E-state index >= 15 is 0 Å². The maximum atomic E-state index is 12.5. The predicted octanol–water partition coefficient (Wildman–Crippen LogP) is 3.10. The molecule has 0 radical (unpaired) electrons. The number of rotatable bonds is 3. The number of methoxy groups -OCH3 is 1. The highest BCUT2D eigenvalue weighted by Gasteiger charge is 2.26. The van der Waals surface area contributed by atoms with Gasteiger partial charge in [-0.2, -0.15) is 0 Å². The van der Waals surface area contributed by atoms with E-state index in [1.807, 2.05) is 29.2 Å². The van der Waals surface area contributed by atoms with Crippen LogP contribution in [-0.4, -0.2) is 30.5 Å². The van der Waals surface area contributed by atoms with Gasteiger partial charge in [0, 0.05) is 18.2 Å². The normalized spacial score (nSPS) is 19.7. The Morgan fingerprint density at radius 1 is 1.44 bits per heavy atom. The van der Waals surface area contributed by atoms with Crippen LogP contribution in [0.1, 0.15) is 43.0 Å². The number of likely N-dealkylation sites (tertiary alicyclic amines) is 1. The van der Waals surface area contributed by atoms with Crippen molar-refractivity contribution < 1.29 is 9.53 Å². The van der Waals surface area contributed by atoms with Crippen LogP contribution in [0.2, 0.25) is 0 Å². The molecule has 1 fully saturated rings. The number of hydrogen-bond acceptors (Lipinski definition) is 2. The third-order valence-corrected chi connectivity index (χ3v) is 3.68. The van der Waals surface area contributed by atoms with Crippen LogP contribution in [0, 0.1) is 0 Å². The minimum absolute atomic E-state index is 0.139. The average molecular weight is 247 g/mol. The highest BCUT2D eigenvalue weighted by atomic mass is 16.5. The molecule has 0 spiro atoms. The van der Waals surface area contributed by atoms with Crippen molar-refractivity contribution in [2.45, 2.75) is 38.6 Å². The van der Waals surface area contributed by atoms with Gasteiger partial charge in [-0.3, -0.25) is 4.79 Å². The van der Waals surface area contributed by atoms with Crippen LogP contribution in [0.15, 0.2) is 24.3 Å². The maximum Gasteiger partial charge on any atom is 0.254 e. The fourth-order valence-electron chi connectivity index (χ4n) is 2.61. The summed E-state index contributed by atoms with van der Waals surface area (Å²) in [5.74, 6) is 0.881. The van der Waals surface area contributed by atoms with Gasteiger partial charge in [-0.15, -0.1) is 0 Å². The summed E-state index contributed by atoms with van der Waals surface area (Å²) >= 11 is 0. The first kappa shape index (κ1) is 12.9. The summed E-state index contributed by atoms with van der Waals surface area (Å²) in [6.45, 7) is 3.04. The first-order valence-electron chi connectivity index (χ1n) is 6.71. The van der Waals surface area contributed by atoms with E-state index in [2.05, 4.69) is 6.92 Å². The van der Waals surface area contributed by atoms with E-state index in [1.165, 1.54) is 6.42 Å². The first-order valence-corrected chi connectivity index (χ1v) is 6.71. The molecule has 1 aliphatic heterocycles. The highest BCUT2D eigenvalue weighted by molar-refractivity contribution is 5.94. The van der Waals surface area contributed by atoms with Gasteiger partial charge in [-0.25, -0.2) is 0 Å². The number of carbonyl (C=O) groups is 1. The minimum atomic E-state index is 0.139. The second-order valence-corrected chi connectivity index (χ2v) is 4.79. The Labute approximate surface area is 109 Å². The van der Waals surface area contributed by atoms with Crippen LogP contribution in [0.3, 0.4) is 0 Å². The third-order valence-electron chi connectivity index (χ3n) is 3.68. The van der Waals surface area contributed by atoms with Gasteiger partial charge in [0.25, 0.3) is 5.91 Å². The van der Waals surface area contributed by atoms with Gasteiger partial charge in [0.2, 0.25) is 0 Å². The molecule has 0 bridgehead atoms. The van der Waals surface area contributed by atoms with Gasteiger partial charge in [0.15, 0.2) is 0 Å². The Kier molecular flexibility index (Phi) is 4.24. The van der Waals surface area contributed by atoms with Gasteiger partial charge in [-0.1, -0.05) is 13.0 Å². The molecule has 1 aromatic rings. The fourth-order valence-corrected chi connectivity index (χ4v) is 2.61. The second-order valence-electron chi connectivity index (χ2n) is 4.79. The molecule has 1 amide bonds. The van der Waals surface area contributed by atoms with Crippen LogP contribution in [0.4, 0.5) is 0 Å². The van der Waals surface area contributed by atoms with E-state index in [4.69, 9.17) is 4.74 Å². The van der Waals surface area contributed by atoms with Crippen molar-refractivity contribution in [1.29, 1.82) is 0 Å². The molecule has 18 heavy (non-hydrogen) atoms. The molecular formula is C15H21NO2. The van der Waals surface area contributed by atoms with Crippen molar-refractivity contribution in [3.63, 3.8) is 0 Å². The lowest BCUT2D eigenvalue weighted by Gasteiger charge is -2.35. The standard InChI is InChI=1S/C15H21NO2/c1-3-13-8-4-5-10-16(13)15(17)12-7-6-9-14(11-12)18-2/h6-7,9,11,13H,3-5,8,10H2,1-2H3. The first-order chi connectivity index (χ1) is 8.76. The zero-order chi connectivity index (χ0) is 13.0. The molecule has 3 nitrogen and oxygen atoms in total. The van der Waals surface area contributed by atoms with Gasteiger partial charge in [0.1, 0.15) is 5.75 Å². The van der Waals surface area contributed by atoms with Gasteiger partial charge < -0.3 is 9.64 Å². The molecule has 0 saturated carbocycles. The Morgan fingerprint density at radius 2 is 2.28 bits per heavy atom. The van der Waals surface area contributed by atoms with E-state index in [0.717, 1.165) is 37.1 Å². The van der Waals surface area contributed by atoms with Gasteiger partial charge >= 0.3 is 0 Å². The highest BCUT2D eigenvalue weighted by Crippen LogP contribution is 2.23. The van der Waals surface area contributed by atoms with Crippen LogP contribution >= 0.6 is 0 Å². The van der Waals surface area contributed by atoms with E-state index in [1.54, 1.807) is 7.11 Å². The molecule has 0 N–H and O–H groups in total. The summed E-state index contributed by atoms with van der Waals surface area (Å²) in [6.07, 6.45) is 4.52. The molecule has 1 heterocycles. The van der Waals surface area contributed by atoms with Crippen molar-refractivity contribution in [3.8, 4) is 5.75 Å². The lowest BCUT2D eigenvalue weighted by molar-refractivity contribution is 0.0607. The summed E-state index contributed by atoms with van der Waals surface area (Å²) in [4.78, 5) is 14.5. The molecule has 1 unspecified atom stereocenters. The zero-order valence-corrected chi connectivity index (χ0v) is 11.2. The minimum Gasteiger partial charge on any atom is -0.497 e. The number of hydrogen-bond donors (Lipinski definition) is 0. The number of ether oxygens (including phenoxy) is 1.